The molecule has 1 saturated heterocycles. The summed E-state index contributed by atoms with van der Waals surface area (Å²) in [6, 6.07) is 15.3. The van der Waals surface area contributed by atoms with Crippen LogP contribution in [0.15, 0.2) is 73.6 Å². The highest BCUT2D eigenvalue weighted by atomic mass is 16.2. The minimum Gasteiger partial charge on any atom is -0.341 e. The van der Waals surface area contributed by atoms with E-state index in [0.29, 0.717) is 18.5 Å². The second-order valence-corrected chi connectivity index (χ2v) is 8.49. The van der Waals surface area contributed by atoms with E-state index in [2.05, 4.69) is 58.3 Å². The van der Waals surface area contributed by atoms with Crippen LogP contribution >= 0.6 is 0 Å². The van der Waals surface area contributed by atoms with E-state index in [-0.39, 0.29) is 5.91 Å². The van der Waals surface area contributed by atoms with Gasteiger partial charge in [-0.2, -0.15) is 0 Å². The van der Waals surface area contributed by atoms with Crippen LogP contribution in [-0.2, 0) is 24.3 Å². The molecule has 2 aromatic heterocycles. The molecule has 0 unspecified atom stereocenters. The van der Waals surface area contributed by atoms with Crippen LogP contribution in [0.5, 0.6) is 0 Å². The molecule has 4 rings (SSSR count). The number of benzene rings is 1. The smallest absolute Gasteiger partial charge is 0.242 e. The third-order valence-corrected chi connectivity index (χ3v) is 6.32. The Morgan fingerprint density at radius 1 is 1.06 bits per heavy atom. The van der Waals surface area contributed by atoms with Crippen molar-refractivity contribution >= 4 is 5.91 Å². The molecule has 1 aliphatic rings. The first-order chi connectivity index (χ1) is 15.2. The van der Waals surface area contributed by atoms with E-state index in [9.17, 15) is 4.79 Å². The second-order valence-electron chi connectivity index (χ2n) is 8.49. The fraction of sp³-hybridized carbons (Fsp3) is 0.400. The van der Waals surface area contributed by atoms with E-state index < -0.39 is 0 Å². The first-order valence-electron chi connectivity index (χ1n) is 11.1. The van der Waals surface area contributed by atoms with Gasteiger partial charge in [0.25, 0.3) is 0 Å². The van der Waals surface area contributed by atoms with Crippen molar-refractivity contribution in [2.45, 2.75) is 38.4 Å². The Labute approximate surface area is 184 Å². The largest absolute Gasteiger partial charge is 0.341 e. The molecular weight excluding hydrogens is 386 g/mol. The van der Waals surface area contributed by atoms with Gasteiger partial charge in [-0.15, -0.1) is 0 Å². The van der Waals surface area contributed by atoms with E-state index in [1.807, 2.05) is 34.1 Å². The Bertz CT molecular complexity index is 921. The molecule has 0 spiro atoms. The Morgan fingerprint density at radius 3 is 2.52 bits per heavy atom. The lowest BCUT2D eigenvalue weighted by Crippen LogP contribution is -2.47. The average Bonchev–Trinajstić information content (AvgIpc) is 3.32. The van der Waals surface area contributed by atoms with Crippen LogP contribution in [0.3, 0.4) is 0 Å². The Morgan fingerprint density at radius 2 is 1.84 bits per heavy atom. The number of carbonyl (C=O) groups is 1. The van der Waals surface area contributed by atoms with Crippen molar-refractivity contribution in [2.24, 2.45) is 5.92 Å². The van der Waals surface area contributed by atoms with Crippen LogP contribution in [0.2, 0.25) is 0 Å². The highest BCUT2D eigenvalue weighted by Gasteiger charge is 2.31. The fourth-order valence-corrected chi connectivity index (χ4v) is 4.60. The predicted molar refractivity (Wildman–Crippen MR) is 121 cm³/mol. The van der Waals surface area contributed by atoms with Crippen LogP contribution < -0.4 is 0 Å². The quantitative estimate of drug-likeness (QED) is 0.565. The fourth-order valence-electron chi connectivity index (χ4n) is 4.60. The summed E-state index contributed by atoms with van der Waals surface area (Å²) in [7, 11) is 2.22. The number of pyridine rings is 1. The van der Waals surface area contributed by atoms with Gasteiger partial charge in [0.1, 0.15) is 6.54 Å². The van der Waals surface area contributed by atoms with Crippen molar-refractivity contribution < 1.29 is 4.79 Å². The van der Waals surface area contributed by atoms with E-state index in [0.717, 1.165) is 38.9 Å². The molecule has 0 saturated carbocycles. The van der Waals surface area contributed by atoms with Crippen molar-refractivity contribution in [2.75, 3.05) is 20.1 Å². The summed E-state index contributed by atoms with van der Waals surface area (Å²) in [6.07, 6.45) is 12.1. The van der Waals surface area contributed by atoms with Gasteiger partial charge in [0, 0.05) is 50.5 Å². The maximum Gasteiger partial charge on any atom is 0.242 e. The number of amides is 1. The van der Waals surface area contributed by atoms with E-state index in [1.165, 1.54) is 11.1 Å². The Hall–Kier alpha value is -2.99. The van der Waals surface area contributed by atoms with E-state index in [4.69, 9.17) is 0 Å². The number of hydrogen-bond donors (Lipinski definition) is 0. The molecule has 1 amide bonds. The van der Waals surface area contributed by atoms with Gasteiger partial charge in [-0.05, 0) is 49.4 Å². The number of nitrogens with zero attached hydrogens (tertiary/aromatic N) is 5. The zero-order valence-corrected chi connectivity index (χ0v) is 18.2. The summed E-state index contributed by atoms with van der Waals surface area (Å²) in [4.78, 5) is 25.5. The summed E-state index contributed by atoms with van der Waals surface area (Å²) < 4.78 is 1.84. The summed E-state index contributed by atoms with van der Waals surface area (Å²) in [5.74, 6) is 0.735. The second kappa shape index (κ2) is 10.4. The molecule has 1 fully saturated rings. The van der Waals surface area contributed by atoms with Crippen LogP contribution in [0.25, 0.3) is 0 Å². The summed E-state index contributed by atoms with van der Waals surface area (Å²) in [6.45, 7) is 2.90. The van der Waals surface area contributed by atoms with Gasteiger partial charge in [0.05, 0.1) is 6.33 Å². The van der Waals surface area contributed by atoms with Crippen molar-refractivity contribution in [1.29, 1.82) is 0 Å². The van der Waals surface area contributed by atoms with Crippen LogP contribution in [0.1, 0.15) is 24.0 Å². The monoisotopic (exact) mass is 417 g/mol. The number of piperidine rings is 1. The van der Waals surface area contributed by atoms with Gasteiger partial charge in [0.2, 0.25) is 5.91 Å². The number of aromatic nitrogens is 3. The molecule has 6 nitrogen and oxygen atoms in total. The Kier molecular flexibility index (Phi) is 7.10. The molecule has 3 aromatic rings. The maximum absolute atomic E-state index is 12.7. The van der Waals surface area contributed by atoms with E-state index >= 15 is 0 Å². The SMILES string of the molecule is CN(Cc1cccnc1)[C@H](Cc1ccccc1)C1CCN(C(=O)Cn2ccnc2)CC1. The first kappa shape index (κ1) is 21.2. The molecule has 1 aromatic carbocycles. The lowest BCUT2D eigenvalue weighted by molar-refractivity contribution is -0.133. The zero-order chi connectivity index (χ0) is 21.5. The van der Waals surface area contributed by atoms with Gasteiger partial charge in [-0.3, -0.25) is 14.7 Å². The van der Waals surface area contributed by atoms with Crippen LogP contribution in [0, 0.1) is 5.92 Å². The van der Waals surface area contributed by atoms with Crippen LogP contribution in [-0.4, -0.2) is 56.4 Å². The lowest BCUT2D eigenvalue weighted by Gasteiger charge is -2.40. The van der Waals surface area contributed by atoms with Gasteiger partial charge < -0.3 is 9.47 Å². The number of carbonyl (C=O) groups excluding carboxylic acids is 1. The molecule has 1 atom stereocenters. The number of likely N-dealkylation sites (tertiary alicyclic amines) is 1. The maximum atomic E-state index is 12.7. The molecule has 0 N–H and O–H groups in total. The molecule has 3 heterocycles. The molecule has 31 heavy (non-hydrogen) atoms. The average molecular weight is 418 g/mol. The van der Waals surface area contributed by atoms with Crippen molar-refractivity contribution in [3.05, 3.63) is 84.7 Å². The normalized spacial score (nSPS) is 15.9. The molecule has 0 radical (unpaired) electrons. The molecule has 0 aliphatic carbocycles. The van der Waals surface area contributed by atoms with Crippen LogP contribution in [0.4, 0.5) is 0 Å². The molecule has 6 heteroatoms. The van der Waals surface area contributed by atoms with Crippen molar-refractivity contribution in [3.8, 4) is 0 Å². The first-order valence-corrected chi connectivity index (χ1v) is 11.1. The van der Waals surface area contributed by atoms with Crippen molar-refractivity contribution in [3.63, 3.8) is 0 Å². The van der Waals surface area contributed by atoms with Gasteiger partial charge >= 0.3 is 0 Å². The number of rotatable bonds is 8. The van der Waals surface area contributed by atoms with E-state index in [1.54, 1.807) is 12.5 Å². The zero-order valence-electron chi connectivity index (χ0n) is 18.2. The Balaban J connectivity index is 1.41. The van der Waals surface area contributed by atoms with Gasteiger partial charge in [-0.1, -0.05) is 36.4 Å². The molecule has 162 valence electrons. The number of likely N-dealkylation sites (N-methyl/N-ethyl adjacent to an activating group) is 1. The van der Waals surface area contributed by atoms with Crippen molar-refractivity contribution in [1.82, 2.24) is 24.3 Å². The molecule has 1 aliphatic heterocycles. The molecular formula is C25H31N5O. The summed E-state index contributed by atoms with van der Waals surface area (Å²) in [5.41, 5.74) is 2.60. The minimum atomic E-state index is 0.180. The lowest BCUT2D eigenvalue weighted by atomic mass is 9.84. The van der Waals surface area contributed by atoms with Gasteiger partial charge in [0.15, 0.2) is 0 Å². The summed E-state index contributed by atoms with van der Waals surface area (Å²) in [5, 5.41) is 0. The number of hydrogen-bond acceptors (Lipinski definition) is 4. The third-order valence-electron chi connectivity index (χ3n) is 6.32. The topological polar surface area (TPSA) is 54.3 Å². The predicted octanol–water partition coefficient (Wildman–Crippen LogP) is 3.26. The third kappa shape index (κ3) is 5.79. The number of imidazole rings is 1. The standard InChI is InChI=1S/C25H31N5O/c1-28(18-22-8-5-11-26-17-22)24(16-21-6-3-2-4-7-21)23-9-13-30(14-10-23)25(31)19-29-15-12-27-20-29/h2-8,11-12,15,17,20,23-24H,9-10,13-14,16,18-19H2,1H3/t24-/m1/s1. The summed E-state index contributed by atoms with van der Waals surface area (Å²) >= 11 is 0. The highest BCUT2D eigenvalue weighted by Crippen LogP contribution is 2.27. The minimum absolute atomic E-state index is 0.180. The van der Waals surface area contributed by atoms with Gasteiger partial charge in [-0.25, -0.2) is 4.98 Å². The highest BCUT2D eigenvalue weighted by molar-refractivity contribution is 5.76. The molecule has 0 bridgehead atoms.